The van der Waals surface area contributed by atoms with Gasteiger partial charge in [-0.2, -0.15) is 0 Å². The SMILES string of the molecule is Cc1nc(B2OC(C)(C)C(C)(C)O2)cn1C1CCCC1. The number of hydrogen-bond acceptors (Lipinski definition) is 3. The smallest absolute Gasteiger partial charge is 0.398 e. The molecule has 1 saturated carbocycles. The van der Waals surface area contributed by atoms with Crippen LogP contribution in [0.5, 0.6) is 0 Å². The lowest BCUT2D eigenvalue weighted by Crippen LogP contribution is -2.41. The van der Waals surface area contributed by atoms with Crippen LogP contribution in [0.4, 0.5) is 0 Å². The van der Waals surface area contributed by atoms with Gasteiger partial charge in [0.25, 0.3) is 0 Å². The van der Waals surface area contributed by atoms with Crippen LogP contribution < -0.4 is 5.59 Å². The Morgan fingerprint density at radius 2 is 1.70 bits per heavy atom. The first-order valence-corrected chi connectivity index (χ1v) is 7.71. The van der Waals surface area contributed by atoms with Crippen LogP contribution in [0, 0.1) is 6.92 Å². The average molecular weight is 276 g/mol. The second-order valence-electron chi connectivity index (χ2n) is 7.15. The predicted molar refractivity (Wildman–Crippen MR) is 80.2 cm³/mol. The molecule has 1 aromatic heterocycles. The molecule has 0 amide bonds. The molecule has 20 heavy (non-hydrogen) atoms. The highest BCUT2D eigenvalue weighted by Crippen LogP contribution is 2.36. The highest BCUT2D eigenvalue weighted by molar-refractivity contribution is 6.61. The predicted octanol–water partition coefficient (Wildman–Crippen LogP) is 2.61. The summed E-state index contributed by atoms with van der Waals surface area (Å²) in [6, 6.07) is 0.610. The van der Waals surface area contributed by atoms with Gasteiger partial charge >= 0.3 is 7.12 Å². The van der Waals surface area contributed by atoms with Crippen LogP contribution in [0.2, 0.25) is 0 Å². The Hall–Kier alpha value is -0.805. The number of hydrogen-bond donors (Lipinski definition) is 0. The van der Waals surface area contributed by atoms with Crippen molar-refractivity contribution in [3.8, 4) is 0 Å². The molecule has 0 atom stereocenters. The van der Waals surface area contributed by atoms with Gasteiger partial charge in [-0.05, 0) is 47.5 Å². The number of aromatic nitrogens is 2. The van der Waals surface area contributed by atoms with Crippen LogP contribution >= 0.6 is 0 Å². The molecule has 1 saturated heterocycles. The molecule has 0 bridgehead atoms. The number of nitrogens with zero attached hydrogens (tertiary/aromatic N) is 2. The molecule has 2 aliphatic rings. The Balaban J connectivity index is 1.84. The fraction of sp³-hybridized carbons (Fsp3) is 0.800. The highest BCUT2D eigenvalue weighted by atomic mass is 16.7. The largest absolute Gasteiger partial charge is 0.516 e. The van der Waals surface area contributed by atoms with E-state index in [0.29, 0.717) is 6.04 Å². The molecule has 0 unspecified atom stereocenters. The molecule has 1 aliphatic heterocycles. The topological polar surface area (TPSA) is 36.3 Å². The molecule has 5 heteroatoms. The van der Waals surface area contributed by atoms with Crippen LogP contribution in [0.25, 0.3) is 0 Å². The third-order valence-electron chi connectivity index (χ3n) is 5.15. The second-order valence-corrected chi connectivity index (χ2v) is 7.15. The maximum Gasteiger partial charge on any atom is 0.516 e. The minimum absolute atomic E-state index is 0.303. The molecule has 0 spiro atoms. The monoisotopic (exact) mass is 276 g/mol. The summed E-state index contributed by atoms with van der Waals surface area (Å²) in [5, 5.41) is 0. The van der Waals surface area contributed by atoms with E-state index in [-0.39, 0.29) is 18.3 Å². The standard InChI is InChI=1S/C15H25BN2O2/c1-11-17-13(10-18(11)12-8-6-7-9-12)16-19-14(2,3)15(4,5)20-16/h10,12H,6-9H2,1-5H3. The van der Waals surface area contributed by atoms with Gasteiger partial charge in [0.2, 0.25) is 0 Å². The van der Waals surface area contributed by atoms with Crippen molar-refractivity contribution in [3.05, 3.63) is 12.0 Å². The molecule has 1 aliphatic carbocycles. The minimum atomic E-state index is -0.346. The molecule has 110 valence electrons. The van der Waals surface area contributed by atoms with E-state index in [4.69, 9.17) is 9.31 Å². The first-order valence-electron chi connectivity index (χ1n) is 7.71. The van der Waals surface area contributed by atoms with Crippen molar-refractivity contribution in [1.29, 1.82) is 0 Å². The third kappa shape index (κ3) is 2.21. The summed E-state index contributed by atoms with van der Waals surface area (Å²) < 4.78 is 14.5. The van der Waals surface area contributed by atoms with Crippen LogP contribution in [0.1, 0.15) is 65.2 Å². The van der Waals surface area contributed by atoms with Crippen LogP contribution in [0.15, 0.2) is 6.20 Å². The van der Waals surface area contributed by atoms with Crippen LogP contribution in [0.3, 0.4) is 0 Å². The normalized spacial score (nSPS) is 25.6. The first kappa shape index (κ1) is 14.1. The van der Waals surface area contributed by atoms with E-state index in [1.165, 1.54) is 25.7 Å². The first-order chi connectivity index (χ1) is 9.30. The number of rotatable bonds is 2. The third-order valence-corrected chi connectivity index (χ3v) is 5.15. The van der Waals surface area contributed by atoms with E-state index in [1.54, 1.807) is 0 Å². The van der Waals surface area contributed by atoms with Gasteiger partial charge in [-0.1, -0.05) is 12.8 Å². The quantitative estimate of drug-likeness (QED) is 0.779. The van der Waals surface area contributed by atoms with Gasteiger partial charge in [0.05, 0.1) is 16.8 Å². The Labute approximate surface area is 122 Å². The summed E-state index contributed by atoms with van der Waals surface area (Å²) in [4.78, 5) is 4.68. The lowest BCUT2D eigenvalue weighted by Gasteiger charge is -2.32. The molecule has 3 rings (SSSR count). The average Bonchev–Trinajstić information content (AvgIpc) is 2.98. The van der Waals surface area contributed by atoms with E-state index < -0.39 is 0 Å². The van der Waals surface area contributed by atoms with Gasteiger partial charge in [0.1, 0.15) is 5.82 Å². The molecule has 2 heterocycles. The number of imidazole rings is 1. The van der Waals surface area contributed by atoms with Crippen molar-refractivity contribution in [3.63, 3.8) is 0 Å². The molecule has 1 aromatic rings. The fourth-order valence-electron chi connectivity index (χ4n) is 3.14. The van der Waals surface area contributed by atoms with Gasteiger partial charge in [0, 0.05) is 12.2 Å². The summed E-state index contributed by atoms with van der Waals surface area (Å²) in [6.07, 6.45) is 7.32. The summed E-state index contributed by atoms with van der Waals surface area (Å²) in [5.74, 6) is 1.07. The van der Waals surface area contributed by atoms with Gasteiger partial charge in [0.15, 0.2) is 0 Å². The van der Waals surface area contributed by atoms with Crippen molar-refractivity contribution < 1.29 is 9.31 Å². The van der Waals surface area contributed by atoms with Crippen molar-refractivity contribution >= 4 is 12.7 Å². The minimum Gasteiger partial charge on any atom is -0.398 e. The van der Waals surface area contributed by atoms with Gasteiger partial charge in [-0.25, -0.2) is 4.98 Å². The van der Waals surface area contributed by atoms with Crippen LogP contribution in [-0.2, 0) is 9.31 Å². The molecular formula is C15H25BN2O2. The van der Waals surface area contributed by atoms with E-state index >= 15 is 0 Å². The lowest BCUT2D eigenvalue weighted by atomic mass is 9.86. The summed E-state index contributed by atoms with van der Waals surface area (Å²) >= 11 is 0. The van der Waals surface area contributed by atoms with Crippen LogP contribution in [-0.4, -0.2) is 27.9 Å². The Morgan fingerprint density at radius 1 is 1.15 bits per heavy atom. The van der Waals surface area contributed by atoms with Gasteiger partial charge in [-0.3, -0.25) is 0 Å². The molecule has 4 nitrogen and oxygen atoms in total. The summed E-state index contributed by atoms with van der Waals surface area (Å²) in [6.45, 7) is 10.4. The molecule has 0 radical (unpaired) electrons. The maximum atomic E-state index is 6.08. The Morgan fingerprint density at radius 3 is 2.25 bits per heavy atom. The summed E-state index contributed by atoms with van der Waals surface area (Å²) in [7, 11) is -0.346. The highest BCUT2D eigenvalue weighted by Gasteiger charge is 2.52. The van der Waals surface area contributed by atoms with Crippen molar-refractivity contribution in [2.75, 3.05) is 0 Å². The van der Waals surface area contributed by atoms with Gasteiger partial charge < -0.3 is 13.9 Å². The zero-order chi connectivity index (χ0) is 14.5. The summed E-state index contributed by atoms with van der Waals surface area (Å²) in [5.41, 5.74) is 0.304. The Bertz CT molecular complexity index is 488. The Kier molecular flexibility index (Phi) is 3.25. The van der Waals surface area contributed by atoms with E-state index in [2.05, 4.69) is 50.4 Å². The van der Waals surface area contributed by atoms with Crippen molar-refractivity contribution in [2.45, 2.75) is 77.5 Å². The van der Waals surface area contributed by atoms with Crippen molar-refractivity contribution in [1.82, 2.24) is 9.55 Å². The number of aryl methyl sites for hydroxylation is 1. The fourth-order valence-corrected chi connectivity index (χ4v) is 3.14. The zero-order valence-corrected chi connectivity index (χ0v) is 13.3. The van der Waals surface area contributed by atoms with E-state index in [9.17, 15) is 0 Å². The second kappa shape index (κ2) is 4.60. The molecule has 0 aromatic carbocycles. The molecule has 2 fully saturated rings. The zero-order valence-electron chi connectivity index (χ0n) is 13.3. The van der Waals surface area contributed by atoms with Gasteiger partial charge in [-0.15, -0.1) is 0 Å². The van der Waals surface area contributed by atoms with E-state index in [0.717, 1.165) is 11.4 Å². The molecular weight excluding hydrogens is 251 g/mol. The maximum absolute atomic E-state index is 6.08. The van der Waals surface area contributed by atoms with E-state index in [1.807, 2.05) is 0 Å². The lowest BCUT2D eigenvalue weighted by molar-refractivity contribution is 0.00578. The molecule has 0 N–H and O–H groups in total. The van der Waals surface area contributed by atoms with Crippen molar-refractivity contribution in [2.24, 2.45) is 0 Å².